The van der Waals surface area contributed by atoms with Gasteiger partial charge < -0.3 is 5.73 Å². The summed E-state index contributed by atoms with van der Waals surface area (Å²) in [5.74, 6) is -0.706. The van der Waals surface area contributed by atoms with Crippen LogP contribution in [0.4, 0.5) is 10.5 Å². The molecule has 3 amide bonds. The van der Waals surface area contributed by atoms with Crippen LogP contribution in [-0.4, -0.2) is 37.9 Å². The molecule has 1 aromatic carbocycles. The molecule has 0 radical (unpaired) electrons. The van der Waals surface area contributed by atoms with Gasteiger partial charge in [-0.15, -0.1) is 11.3 Å². The molecule has 0 aliphatic carbocycles. The molecular weight excluding hydrogens is 474 g/mol. The number of anilines is 1. The minimum atomic E-state index is -3.59. The van der Waals surface area contributed by atoms with Crippen molar-refractivity contribution in [2.45, 2.75) is 63.0 Å². The molecule has 1 atom stereocenters. The molecule has 0 unspecified atom stereocenters. The van der Waals surface area contributed by atoms with Gasteiger partial charge in [0.25, 0.3) is 0 Å². The van der Waals surface area contributed by atoms with E-state index in [1.165, 1.54) is 11.3 Å². The first-order chi connectivity index (χ1) is 16.2. The number of carbonyl (C=O) groups is 2. The molecule has 10 heteroatoms. The highest BCUT2D eigenvalue weighted by Crippen LogP contribution is 2.47. The van der Waals surface area contributed by atoms with Gasteiger partial charge in [-0.3, -0.25) is 14.9 Å². The number of sulfone groups is 1. The number of thiophene rings is 1. The van der Waals surface area contributed by atoms with Gasteiger partial charge in [0, 0.05) is 22.0 Å². The molecule has 1 aliphatic rings. The summed E-state index contributed by atoms with van der Waals surface area (Å²) < 4.78 is 25.0. The standard InChI is InChI=1S/C24H33N3O5S2/c1-2-3-4-6-14-27(23(25)29)19-10-8-9-18(16-19)20-11-12-21(33-20)24(17-22(28)26-30)13-5-7-15-34(24,31)32/h8-12,16,30H,2-7,13-15,17H2,1H3,(H2,25,29)(H,26,28)/t24-/m0/s1. The fraction of sp³-hybridized carbons (Fsp3) is 0.500. The quantitative estimate of drug-likeness (QED) is 0.246. The van der Waals surface area contributed by atoms with Crippen LogP contribution in [0.3, 0.4) is 0 Å². The Hall–Kier alpha value is -2.43. The van der Waals surface area contributed by atoms with Crippen LogP contribution in [0.5, 0.6) is 0 Å². The number of hydrogen-bond donors (Lipinski definition) is 3. The summed E-state index contributed by atoms with van der Waals surface area (Å²) >= 11 is 1.32. The third-order valence-corrected chi connectivity index (χ3v) is 10.5. The van der Waals surface area contributed by atoms with E-state index >= 15 is 0 Å². The van der Waals surface area contributed by atoms with Crippen LogP contribution in [0.2, 0.25) is 0 Å². The van der Waals surface area contributed by atoms with E-state index in [9.17, 15) is 18.0 Å². The van der Waals surface area contributed by atoms with Gasteiger partial charge in [-0.25, -0.2) is 18.7 Å². The second-order valence-electron chi connectivity index (χ2n) is 8.75. The number of hydroxylamine groups is 1. The van der Waals surface area contributed by atoms with Crippen LogP contribution < -0.4 is 16.1 Å². The van der Waals surface area contributed by atoms with Gasteiger partial charge in [0.05, 0.1) is 12.2 Å². The zero-order valence-corrected chi connectivity index (χ0v) is 21.1. The lowest BCUT2D eigenvalue weighted by Crippen LogP contribution is -2.43. The Bertz CT molecular complexity index is 1120. The highest BCUT2D eigenvalue weighted by Gasteiger charge is 2.49. The number of carbonyl (C=O) groups excluding carboxylic acids is 2. The van der Waals surface area contributed by atoms with Gasteiger partial charge in [0.1, 0.15) is 4.75 Å². The predicted octanol–water partition coefficient (Wildman–Crippen LogP) is 4.57. The lowest BCUT2D eigenvalue weighted by atomic mass is 9.94. The Morgan fingerprint density at radius 1 is 1.18 bits per heavy atom. The average molecular weight is 508 g/mol. The number of urea groups is 1. The summed E-state index contributed by atoms with van der Waals surface area (Å²) in [7, 11) is -3.59. The first-order valence-electron chi connectivity index (χ1n) is 11.7. The second kappa shape index (κ2) is 11.3. The maximum absolute atomic E-state index is 13.2. The lowest BCUT2D eigenvalue weighted by Gasteiger charge is -2.35. The van der Waals surface area contributed by atoms with Crippen molar-refractivity contribution in [2.75, 3.05) is 17.2 Å². The summed E-state index contributed by atoms with van der Waals surface area (Å²) in [6.45, 7) is 2.66. The monoisotopic (exact) mass is 507 g/mol. The van der Waals surface area contributed by atoms with E-state index < -0.39 is 26.5 Å². The van der Waals surface area contributed by atoms with Crippen molar-refractivity contribution in [1.82, 2.24) is 5.48 Å². The molecule has 2 heterocycles. The second-order valence-corrected chi connectivity index (χ2v) is 12.2. The van der Waals surface area contributed by atoms with Crippen molar-refractivity contribution in [1.29, 1.82) is 0 Å². The summed E-state index contributed by atoms with van der Waals surface area (Å²) in [6, 6.07) is 10.6. The average Bonchev–Trinajstić information content (AvgIpc) is 3.31. The van der Waals surface area contributed by atoms with Crippen LogP contribution >= 0.6 is 11.3 Å². The van der Waals surface area contributed by atoms with Crippen molar-refractivity contribution in [3.63, 3.8) is 0 Å². The van der Waals surface area contributed by atoms with Crippen molar-refractivity contribution >= 4 is 38.8 Å². The number of hydrogen-bond acceptors (Lipinski definition) is 6. The van der Waals surface area contributed by atoms with Crippen molar-refractivity contribution in [2.24, 2.45) is 5.73 Å². The molecule has 8 nitrogen and oxygen atoms in total. The minimum absolute atomic E-state index is 0.0139. The molecule has 1 fully saturated rings. The number of primary amides is 1. The molecule has 0 saturated carbocycles. The Morgan fingerprint density at radius 3 is 2.65 bits per heavy atom. The molecule has 4 N–H and O–H groups in total. The fourth-order valence-corrected chi connectivity index (χ4v) is 8.32. The van der Waals surface area contributed by atoms with Crippen LogP contribution in [0.15, 0.2) is 36.4 Å². The molecule has 0 bridgehead atoms. The Morgan fingerprint density at radius 2 is 1.97 bits per heavy atom. The molecule has 1 aliphatic heterocycles. The first kappa shape index (κ1) is 26.2. The summed E-state index contributed by atoms with van der Waals surface area (Å²) in [5, 5.41) is 9.07. The largest absolute Gasteiger partial charge is 0.351 e. The molecule has 1 aromatic heterocycles. The van der Waals surface area contributed by atoms with Crippen LogP contribution in [0.1, 0.15) is 63.2 Å². The number of benzene rings is 1. The van der Waals surface area contributed by atoms with Crippen LogP contribution in [0.25, 0.3) is 10.4 Å². The maximum atomic E-state index is 13.2. The number of amides is 3. The molecule has 0 spiro atoms. The minimum Gasteiger partial charge on any atom is -0.351 e. The van der Waals surface area contributed by atoms with Gasteiger partial charge in [0.2, 0.25) is 5.91 Å². The Labute approximate surface area is 205 Å². The van der Waals surface area contributed by atoms with E-state index in [0.29, 0.717) is 36.4 Å². The lowest BCUT2D eigenvalue weighted by molar-refractivity contribution is -0.130. The number of rotatable bonds is 10. The molecular formula is C24H33N3O5S2. The van der Waals surface area contributed by atoms with Crippen molar-refractivity contribution in [3.8, 4) is 10.4 Å². The van der Waals surface area contributed by atoms with Crippen LogP contribution in [-0.2, 0) is 19.4 Å². The van der Waals surface area contributed by atoms with Gasteiger partial charge >= 0.3 is 6.03 Å². The topological polar surface area (TPSA) is 130 Å². The van der Waals surface area contributed by atoms with E-state index in [1.807, 2.05) is 30.3 Å². The number of nitrogens with one attached hydrogen (secondary N) is 1. The van der Waals surface area contributed by atoms with Gasteiger partial charge in [-0.2, -0.15) is 0 Å². The zero-order chi connectivity index (χ0) is 24.8. The molecule has 186 valence electrons. The number of nitrogens with two attached hydrogens (primary N) is 1. The normalized spacial score (nSPS) is 19.5. The smallest absolute Gasteiger partial charge is 0.319 e. The third kappa shape index (κ3) is 5.61. The summed E-state index contributed by atoms with van der Waals surface area (Å²) in [4.78, 5) is 27.1. The van der Waals surface area contributed by atoms with E-state index in [4.69, 9.17) is 10.9 Å². The summed E-state index contributed by atoms with van der Waals surface area (Å²) in [5.41, 5.74) is 8.76. The highest BCUT2D eigenvalue weighted by atomic mass is 32.2. The fourth-order valence-electron chi connectivity index (χ4n) is 4.54. The molecule has 2 aromatic rings. The van der Waals surface area contributed by atoms with E-state index in [1.54, 1.807) is 16.4 Å². The van der Waals surface area contributed by atoms with Crippen LogP contribution in [0, 0.1) is 0 Å². The predicted molar refractivity (Wildman–Crippen MR) is 135 cm³/mol. The Kier molecular flexibility index (Phi) is 8.72. The van der Waals surface area contributed by atoms with Gasteiger partial charge in [-0.05, 0) is 49.1 Å². The van der Waals surface area contributed by atoms with Gasteiger partial charge in [-0.1, -0.05) is 44.7 Å². The number of unbranched alkanes of at least 4 members (excludes halogenated alkanes) is 3. The zero-order valence-electron chi connectivity index (χ0n) is 19.5. The molecule has 1 saturated heterocycles. The molecule has 34 heavy (non-hydrogen) atoms. The molecule has 3 rings (SSSR count). The highest BCUT2D eigenvalue weighted by molar-refractivity contribution is 7.92. The first-order valence-corrected chi connectivity index (χ1v) is 14.1. The third-order valence-electron chi connectivity index (χ3n) is 6.41. The maximum Gasteiger partial charge on any atom is 0.319 e. The van der Waals surface area contributed by atoms with E-state index in [2.05, 4.69) is 6.92 Å². The van der Waals surface area contributed by atoms with Crippen molar-refractivity contribution in [3.05, 3.63) is 41.3 Å². The van der Waals surface area contributed by atoms with E-state index in [0.717, 1.165) is 36.1 Å². The SMILES string of the molecule is CCCCCCN(C(N)=O)c1cccc(-c2ccc([C@@]3(CC(=O)NO)CCCCS3(=O)=O)s2)c1. The van der Waals surface area contributed by atoms with Gasteiger partial charge in [0.15, 0.2) is 9.84 Å². The number of nitrogens with zero attached hydrogens (tertiary/aromatic N) is 1. The van der Waals surface area contributed by atoms with E-state index in [-0.39, 0.29) is 12.2 Å². The summed E-state index contributed by atoms with van der Waals surface area (Å²) in [6.07, 6.45) is 5.34. The Balaban J connectivity index is 1.93. The van der Waals surface area contributed by atoms with Crippen molar-refractivity contribution < 1.29 is 23.2 Å².